The summed E-state index contributed by atoms with van der Waals surface area (Å²) in [6.07, 6.45) is 0.707. The van der Waals surface area contributed by atoms with E-state index in [1.165, 1.54) is 6.92 Å². The molecule has 0 aliphatic rings. The van der Waals surface area contributed by atoms with Gasteiger partial charge in [-0.05, 0) is 29.8 Å². The molecule has 3 nitrogen and oxygen atoms in total. The molecule has 6 heteroatoms. The van der Waals surface area contributed by atoms with Gasteiger partial charge in [-0.15, -0.1) is 11.3 Å². The van der Waals surface area contributed by atoms with Crippen molar-refractivity contribution in [1.82, 2.24) is 4.98 Å². The summed E-state index contributed by atoms with van der Waals surface area (Å²) in [6.45, 7) is 1.56. The van der Waals surface area contributed by atoms with Crippen molar-refractivity contribution in [2.75, 3.05) is 0 Å². The molecule has 128 valence electrons. The maximum absolute atomic E-state index is 11.2. The van der Waals surface area contributed by atoms with Crippen LogP contribution in [0.3, 0.4) is 0 Å². The summed E-state index contributed by atoms with van der Waals surface area (Å²) in [6, 6.07) is 15.2. The molecule has 0 fully saturated rings. The molecular weight excluding hydrogens is 377 g/mol. The minimum Gasteiger partial charge on any atom is -0.459 e. The van der Waals surface area contributed by atoms with Crippen LogP contribution in [0, 0.1) is 0 Å². The number of carbonyl (C=O) groups is 1. The number of ether oxygens (including phenoxy) is 1. The number of halogens is 2. The third-order valence-electron chi connectivity index (χ3n) is 3.56. The van der Waals surface area contributed by atoms with Gasteiger partial charge in [0, 0.05) is 33.8 Å². The summed E-state index contributed by atoms with van der Waals surface area (Å²) in [7, 11) is 0. The number of aromatic nitrogens is 1. The zero-order valence-electron chi connectivity index (χ0n) is 13.5. The van der Waals surface area contributed by atoms with Gasteiger partial charge in [-0.25, -0.2) is 4.98 Å². The van der Waals surface area contributed by atoms with Gasteiger partial charge >= 0.3 is 5.97 Å². The normalized spacial score (nSPS) is 10.7. The minimum atomic E-state index is -0.321. The maximum atomic E-state index is 11.2. The first-order chi connectivity index (χ1) is 12.0. The molecule has 0 aliphatic carbocycles. The SMILES string of the molecule is CC(=O)OCc1nc(-c2ccc(Cl)cc2)sc1Cc1ccc(Cl)cc1. The van der Waals surface area contributed by atoms with E-state index in [-0.39, 0.29) is 12.6 Å². The Hall–Kier alpha value is -1.88. The maximum Gasteiger partial charge on any atom is 0.303 e. The predicted molar refractivity (Wildman–Crippen MR) is 102 cm³/mol. The summed E-state index contributed by atoms with van der Waals surface area (Å²) in [5, 5.41) is 2.26. The van der Waals surface area contributed by atoms with Crippen LogP contribution in [0.1, 0.15) is 23.1 Å². The molecule has 3 rings (SSSR count). The molecule has 2 aromatic carbocycles. The number of hydrogen-bond acceptors (Lipinski definition) is 4. The number of thiazole rings is 1. The van der Waals surface area contributed by atoms with Crippen LogP contribution in [-0.2, 0) is 22.6 Å². The average Bonchev–Trinajstić information content (AvgIpc) is 2.98. The Morgan fingerprint density at radius 1 is 1.04 bits per heavy atom. The Balaban J connectivity index is 1.91. The van der Waals surface area contributed by atoms with Gasteiger partial charge in [-0.2, -0.15) is 0 Å². The quantitative estimate of drug-likeness (QED) is 0.518. The van der Waals surface area contributed by atoms with Crippen molar-refractivity contribution in [3.63, 3.8) is 0 Å². The fraction of sp³-hybridized carbons (Fsp3) is 0.158. The van der Waals surface area contributed by atoms with Crippen molar-refractivity contribution in [3.8, 4) is 10.6 Å². The van der Waals surface area contributed by atoms with E-state index in [0.29, 0.717) is 16.5 Å². The lowest BCUT2D eigenvalue weighted by Crippen LogP contribution is -2.01. The minimum absolute atomic E-state index is 0.169. The highest BCUT2D eigenvalue weighted by molar-refractivity contribution is 7.15. The Bertz CT molecular complexity index is 873. The number of esters is 1. The number of benzene rings is 2. The smallest absolute Gasteiger partial charge is 0.303 e. The number of nitrogens with zero attached hydrogens (tertiary/aromatic N) is 1. The molecule has 0 amide bonds. The Labute approximate surface area is 160 Å². The number of carbonyl (C=O) groups excluding carboxylic acids is 1. The van der Waals surface area contributed by atoms with E-state index in [1.807, 2.05) is 48.5 Å². The molecule has 0 bridgehead atoms. The van der Waals surface area contributed by atoms with Crippen LogP contribution in [0.2, 0.25) is 10.0 Å². The Kier molecular flexibility index (Phi) is 5.74. The fourth-order valence-corrected chi connectivity index (χ4v) is 3.66. The zero-order chi connectivity index (χ0) is 17.8. The van der Waals surface area contributed by atoms with Crippen molar-refractivity contribution in [2.24, 2.45) is 0 Å². The number of rotatable bonds is 5. The molecule has 1 aromatic heterocycles. The van der Waals surface area contributed by atoms with Gasteiger partial charge in [0.2, 0.25) is 0 Å². The zero-order valence-corrected chi connectivity index (χ0v) is 15.8. The lowest BCUT2D eigenvalue weighted by molar-refractivity contribution is -0.142. The van der Waals surface area contributed by atoms with E-state index in [2.05, 4.69) is 4.98 Å². The summed E-state index contributed by atoms with van der Waals surface area (Å²) < 4.78 is 5.16. The van der Waals surface area contributed by atoms with Gasteiger partial charge in [0.25, 0.3) is 0 Å². The third kappa shape index (κ3) is 4.82. The van der Waals surface area contributed by atoms with Crippen molar-refractivity contribution in [2.45, 2.75) is 20.0 Å². The molecule has 0 saturated carbocycles. The van der Waals surface area contributed by atoms with Crippen LogP contribution in [0.25, 0.3) is 10.6 Å². The number of hydrogen-bond donors (Lipinski definition) is 0. The van der Waals surface area contributed by atoms with Gasteiger partial charge in [0.1, 0.15) is 11.6 Å². The molecular formula is C19H15Cl2NO2S. The van der Waals surface area contributed by atoms with E-state index in [4.69, 9.17) is 27.9 Å². The lowest BCUT2D eigenvalue weighted by atomic mass is 10.1. The van der Waals surface area contributed by atoms with Crippen molar-refractivity contribution in [1.29, 1.82) is 0 Å². The topological polar surface area (TPSA) is 39.2 Å². The summed E-state index contributed by atoms with van der Waals surface area (Å²) >= 11 is 13.5. The second kappa shape index (κ2) is 8.00. The van der Waals surface area contributed by atoms with Crippen LogP contribution >= 0.6 is 34.5 Å². The molecule has 0 saturated heterocycles. The van der Waals surface area contributed by atoms with E-state index in [9.17, 15) is 4.79 Å². The van der Waals surface area contributed by atoms with Gasteiger partial charge in [-0.1, -0.05) is 47.5 Å². The second-order valence-electron chi connectivity index (χ2n) is 5.48. The monoisotopic (exact) mass is 391 g/mol. The van der Waals surface area contributed by atoms with E-state index in [1.54, 1.807) is 11.3 Å². The summed E-state index contributed by atoms with van der Waals surface area (Å²) in [4.78, 5) is 16.9. The largest absolute Gasteiger partial charge is 0.459 e. The summed E-state index contributed by atoms with van der Waals surface area (Å²) in [5.74, 6) is -0.321. The highest BCUT2D eigenvalue weighted by Gasteiger charge is 2.14. The first kappa shape index (κ1) is 17.9. The van der Waals surface area contributed by atoms with E-state index in [0.717, 1.165) is 26.7 Å². The molecule has 0 N–H and O–H groups in total. The molecule has 0 aliphatic heterocycles. The molecule has 0 unspecified atom stereocenters. The van der Waals surface area contributed by atoms with Crippen LogP contribution in [0.4, 0.5) is 0 Å². The molecule has 3 aromatic rings. The van der Waals surface area contributed by atoms with Crippen molar-refractivity contribution >= 4 is 40.5 Å². The standard InChI is InChI=1S/C19H15Cl2NO2S/c1-12(23)24-11-17-18(10-13-2-6-15(20)7-3-13)25-19(22-17)14-4-8-16(21)9-5-14/h2-9H,10-11H2,1H3. The predicted octanol–water partition coefficient (Wildman–Crippen LogP) is 5.77. The fourth-order valence-electron chi connectivity index (χ4n) is 2.31. The van der Waals surface area contributed by atoms with Crippen LogP contribution < -0.4 is 0 Å². The lowest BCUT2D eigenvalue weighted by Gasteiger charge is -2.03. The van der Waals surface area contributed by atoms with Crippen LogP contribution in [0.15, 0.2) is 48.5 Å². The van der Waals surface area contributed by atoms with E-state index < -0.39 is 0 Å². The molecule has 1 heterocycles. The molecule has 25 heavy (non-hydrogen) atoms. The summed E-state index contributed by atoms with van der Waals surface area (Å²) in [5.41, 5.74) is 2.89. The van der Waals surface area contributed by atoms with Gasteiger partial charge < -0.3 is 4.74 Å². The second-order valence-corrected chi connectivity index (χ2v) is 7.44. The molecule has 0 radical (unpaired) electrons. The Morgan fingerprint density at radius 3 is 2.24 bits per heavy atom. The highest BCUT2D eigenvalue weighted by atomic mass is 35.5. The molecule has 0 atom stereocenters. The van der Waals surface area contributed by atoms with Gasteiger partial charge in [0.05, 0.1) is 5.69 Å². The molecule has 0 spiro atoms. The highest BCUT2D eigenvalue weighted by Crippen LogP contribution is 2.31. The Morgan fingerprint density at radius 2 is 1.64 bits per heavy atom. The average molecular weight is 392 g/mol. The van der Waals surface area contributed by atoms with Gasteiger partial charge in [0.15, 0.2) is 0 Å². The van der Waals surface area contributed by atoms with E-state index >= 15 is 0 Å². The first-order valence-corrected chi connectivity index (χ1v) is 9.21. The van der Waals surface area contributed by atoms with Gasteiger partial charge in [-0.3, -0.25) is 4.79 Å². The first-order valence-electron chi connectivity index (χ1n) is 7.63. The van der Waals surface area contributed by atoms with Crippen molar-refractivity contribution < 1.29 is 9.53 Å². The van der Waals surface area contributed by atoms with Crippen molar-refractivity contribution in [3.05, 3.63) is 74.7 Å². The van der Waals surface area contributed by atoms with Crippen LogP contribution in [-0.4, -0.2) is 11.0 Å². The third-order valence-corrected chi connectivity index (χ3v) is 5.21. The van der Waals surface area contributed by atoms with Crippen LogP contribution in [0.5, 0.6) is 0 Å².